The molecule has 148 valence electrons. The van der Waals surface area contributed by atoms with Gasteiger partial charge >= 0.3 is 6.09 Å². The minimum absolute atomic E-state index is 0.117. The lowest BCUT2D eigenvalue weighted by molar-refractivity contribution is 0.0497. The van der Waals surface area contributed by atoms with Gasteiger partial charge in [0.15, 0.2) is 11.5 Å². The Bertz CT molecular complexity index is 955. The van der Waals surface area contributed by atoms with Crippen LogP contribution in [0.15, 0.2) is 29.0 Å². The van der Waals surface area contributed by atoms with Gasteiger partial charge in [-0.15, -0.1) is 15.3 Å². The number of hydrogen-bond donors (Lipinski definition) is 1. The van der Waals surface area contributed by atoms with Crippen molar-refractivity contribution in [2.45, 2.75) is 45.3 Å². The van der Waals surface area contributed by atoms with E-state index in [4.69, 9.17) is 9.84 Å². The highest BCUT2D eigenvalue weighted by atomic mass is 32.1. The summed E-state index contributed by atoms with van der Waals surface area (Å²) in [5.41, 5.74) is 1.26. The minimum atomic E-state index is -0.483. The molecule has 1 aliphatic heterocycles. The van der Waals surface area contributed by atoms with Gasteiger partial charge in [0, 0.05) is 30.1 Å². The number of rotatable bonds is 3. The monoisotopic (exact) mass is 400 g/mol. The molecule has 0 spiro atoms. The van der Waals surface area contributed by atoms with Crippen molar-refractivity contribution < 1.29 is 9.53 Å². The van der Waals surface area contributed by atoms with Crippen molar-refractivity contribution >= 4 is 28.9 Å². The molecule has 1 aliphatic rings. The van der Waals surface area contributed by atoms with Gasteiger partial charge in [0.25, 0.3) is 0 Å². The number of carbonyl (C=O) groups excluding carboxylic acids is 1. The molecule has 1 fully saturated rings. The summed E-state index contributed by atoms with van der Waals surface area (Å²) in [5, 5.41) is 20.3. The SMILES string of the molecule is CC(C)(C)OC(=O)NC1CCN(c2ccc3nnc(-c4ccsc4)n3n2)CC1. The van der Waals surface area contributed by atoms with Crippen LogP contribution in [0.5, 0.6) is 0 Å². The molecule has 0 aromatic carbocycles. The predicted molar refractivity (Wildman–Crippen MR) is 109 cm³/mol. The first-order chi connectivity index (χ1) is 13.4. The van der Waals surface area contributed by atoms with E-state index in [1.54, 1.807) is 15.9 Å². The van der Waals surface area contributed by atoms with Crippen LogP contribution in [0, 0.1) is 0 Å². The Morgan fingerprint density at radius 3 is 2.68 bits per heavy atom. The Morgan fingerprint density at radius 2 is 2.00 bits per heavy atom. The lowest BCUT2D eigenvalue weighted by atomic mass is 10.1. The molecule has 3 aromatic rings. The molecule has 9 heteroatoms. The van der Waals surface area contributed by atoms with E-state index in [2.05, 4.69) is 20.4 Å². The van der Waals surface area contributed by atoms with Gasteiger partial charge < -0.3 is 15.0 Å². The van der Waals surface area contributed by atoms with Crippen molar-refractivity contribution in [2.75, 3.05) is 18.0 Å². The number of aromatic nitrogens is 4. The van der Waals surface area contributed by atoms with Crippen LogP contribution in [0.3, 0.4) is 0 Å². The van der Waals surface area contributed by atoms with Crippen molar-refractivity contribution in [1.29, 1.82) is 0 Å². The van der Waals surface area contributed by atoms with Crippen LogP contribution < -0.4 is 10.2 Å². The molecule has 1 saturated heterocycles. The highest BCUT2D eigenvalue weighted by molar-refractivity contribution is 7.08. The molecular formula is C19H24N6O2S. The van der Waals surface area contributed by atoms with Crippen LogP contribution in [0.4, 0.5) is 10.6 Å². The fourth-order valence-corrected chi connectivity index (χ4v) is 3.88. The Balaban J connectivity index is 1.43. The molecule has 0 atom stereocenters. The Kier molecular flexibility index (Phi) is 4.92. The Labute approximate surface area is 167 Å². The zero-order chi connectivity index (χ0) is 19.7. The standard InChI is InChI=1S/C19H24N6O2S/c1-19(2,3)27-18(26)20-14-6-9-24(10-7-14)16-5-4-15-21-22-17(25(15)23-16)13-8-11-28-12-13/h4-5,8,11-12,14H,6-7,9-10H2,1-3H3,(H,20,26). The second-order valence-corrected chi connectivity index (χ2v) is 8.68. The first-order valence-corrected chi connectivity index (χ1v) is 10.3. The lowest BCUT2D eigenvalue weighted by Gasteiger charge is -2.33. The van der Waals surface area contributed by atoms with E-state index in [0.29, 0.717) is 0 Å². The number of fused-ring (bicyclic) bond motifs is 1. The quantitative estimate of drug-likeness (QED) is 0.726. The second-order valence-electron chi connectivity index (χ2n) is 7.90. The summed E-state index contributed by atoms with van der Waals surface area (Å²) in [6.07, 6.45) is 1.34. The number of nitrogens with one attached hydrogen (secondary N) is 1. The number of ether oxygens (including phenoxy) is 1. The summed E-state index contributed by atoms with van der Waals surface area (Å²) >= 11 is 1.62. The average Bonchev–Trinajstić information content (AvgIpc) is 3.29. The van der Waals surface area contributed by atoms with E-state index in [1.807, 2.05) is 49.7 Å². The molecule has 8 nitrogen and oxygen atoms in total. The van der Waals surface area contributed by atoms with Crippen molar-refractivity contribution in [3.63, 3.8) is 0 Å². The number of amides is 1. The topological polar surface area (TPSA) is 84.6 Å². The predicted octanol–water partition coefficient (Wildman–Crippen LogP) is 3.35. The molecule has 0 aliphatic carbocycles. The molecule has 28 heavy (non-hydrogen) atoms. The van der Waals surface area contributed by atoms with Gasteiger partial charge in [0.1, 0.15) is 11.4 Å². The Hall–Kier alpha value is -2.68. The molecule has 0 bridgehead atoms. The lowest BCUT2D eigenvalue weighted by Crippen LogP contribution is -2.46. The molecule has 4 heterocycles. The highest BCUT2D eigenvalue weighted by Crippen LogP contribution is 2.23. The van der Waals surface area contributed by atoms with Gasteiger partial charge in [-0.2, -0.15) is 15.9 Å². The largest absolute Gasteiger partial charge is 0.444 e. The second kappa shape index (κ2) is 7.38. The number of carbonyl (C=O) groups is 1. The number of thiophene rings is 1. The average molecular weight is 401 g/mol. The summed E-state index contributed by atoms with van der Waals surface area (Å²) < 4.78 is 7.14. The van der Waals surface area contributed by atoms with E-state index in [1.165, 1.54) is 0 Å². The van der Waals surface area contributed by atoms with Crippen LogP contribution >= 0.6 is 11.3 Å². The third-order valence-corrected chi connectivity index (χ3v) is 5.25. The first kappa shape index (κ1) is 18.7. The first-order valence-electron chi connectivity index (χ1n) is 9.38. The summed E-state index contributed by atoms with van der Waals surface area (Å²) in [4.78, 5) is 14.2. The normalized spacial score (nSPS) is 15.8. The molecule has 0 unspecified atom stereocenters. The van der Waals surface area contributed by atoms with E-state index in [0.717, 1.165) is 48.8 Å². The number of alkyl carbamates (subject to hydrolysis) is 1. The molecule has 0 radical (unpaired) electrons. The third kappa shape index (κ3) is 4.09. The highest BCUT2D eigenvalue weighted by Gasteiger charge is 2.24. The van der Waals surface area contributed by atoms with E-state index < -0.39 is 5.60 Å². The van der Waals surface area contributed by atoms with Gasteiger partial charge in [0.05, 0.1) is 0 Å². The summed E-state index contributed by atoms with van der Waals surface area (Å²) in [6, 6.07) is 6.05. The van der Waals surface area contributed by atoms with Gasteiger partial charge in [-0.3, -0.25) is 0 Å². The summed E-state index contributed by atoms with van der Waals surface area (Å²) in [6.45, 7) is 7.23. The smallest absolute Gasteiger partial charge is 0.407 e. The van der Waals surface area contributed by atoms with Crippen LogP contribution in [0.25, 0.3) is 17.0 Å². The van der Waals surface area contributed by atoms with Crippen LogP contribution in [0.1, 0.15) is 33.6 Å². The summed E-state index contributed by atoms with van der Waals surface area (Å²) in [5.74, 6) is 1.64. The maximum Gasteiger partial charge on any atom is 0.407 e. The van der Waals surface area contributed by atoms with Crippen LogP contribution in [-0.2, 0) is 4.74 Å². The fraction of sp³-hybridized carbons (Fsp3) is 0.474. The number of hydrogen-bond acceptors (Lipinski definition) is 7. The molecule has 1 N–H and O–H groups in total. The zero-order valence-corrected chi connectivity index (χ0v) is 17.1. The van der Waals surface area contributed by atoms with E-state index in [-0.39, 0.29) is 12.1 Å². The maximum absolute atomic E-state index is 12.0. The van der Waals surface area contributed by atoms with Gasteiger partial charge in [-0.05, 0) is 57.2 Å². The van der Waals surface area contributed by atoms with Gasteiger partial charge in [0.2, 0.25) is 0 Å². The Morgan fingerprint density at radius 1 is 1.21 bits per heavy atom. The van der Waals surface area contributed by atoms with Gasteiger partial charge in [-0.25, -0.2) is 4.79 Å². The molecule has 3 aromatic heterocycles. The zero-order valence-electron chi connectivity index (χ0n) is 16.3. The maximum atomic E-state index is 12.0. The minimum Gasteiger partial charge on any atom is -0.444 e. The number of anilines is 1. The van der Waals surface area contributed by atoms with Crippen LogP contribution in [-0.4, -0.2) is 50.6 Å². The molecular weight excluding hydrogens is 376 g/mol. The number of piperidine rings is 1. The van der Waals surface area contributed by atoms with Crippen LogP contribution in [0.2, 0.25) is 0 Å². The van der Waals surface area contributed by atoms with E-state index in [9.17, 15) is 4.79 Å². The van der Waals surface area contributed by atoms with Crippen molar-refractivity contribution in [2.24, 2.45) is 0 Å². The molecule has 0 saturated carbocycles. The van der Waals surface area contributed by atoms with Crippen molar-refractivity contribution in [1.82, 2.24) is 25.1 Å². The fourth-order valence-electron chi connectivity index (χ4n) is 3.25. The van der Waals surface area contributed by atoms with Crippen molar-refractivity contribution in [3.05, 3.63) is 29.0 Å². The molecule has 4 rings (SSSR count). The molecule has 1 amide bonds. The van der Waals surface area contributed by atoms with E-state index >= 15 is 0 Å². The third-order valence-electron chi connectivity index (χ3n) is 4.57. The summed E-state index contributed by atoms with van der Waals surface area (Å²) in [7, 11) is 0. The van der Waals surface area contributed by atoms with Crippen molar-refractivity contribution in [3.8, 4) is 11.4 Å². The van der Waals surface area contributed by atoms with Gasteiger partial charge in [-0.1, -0.05) is 0 Å². The number of nitrogens with zero attached hydrogens (tertiary/aromatic N) is 5.